The van der Waals surface area contributed by atoms with Gasteiger partial charge in [-0.25, -0.2) is 0 Å². The molecule has 1 N–H and O–H groups in total. The summed E-state index contributed by atoms with van der Waals surface area (Å²) in [7, 11) is 0. The lowest BCUT2D eigenvalue weighted by Crippen LogP contribution is -2.52. The van der Waals surface area contributed by atoms with E-state index in [4.69, 9.17) is 27.9 Å². The van der Waals surface area contributed by atoms with E-state index in [-0.39, 0.29) is 30.8 Å². The van der Waals surface area contributed by atoms with Gasteiger partial charge in [-0.05, 0) is 62.1 Å². The van der Waals surface area contributed by atoms with E-state index in [1.165, 1.54) is 0 Å². The number of amides is 2. The number of halogens is 2. The van der Waals surface area contributed by atoms with Crippen LogP contribution in [0.1, 0.15) is 49.8 Å². The summed E-state index contributed by atoms with van der Waals surface area (Å²) in [5.41, 5.74) is 2.86. The van der Waals surface area contributed by atoms with Gasteiger partial charge in [0.05, 0.1) is 6.61 Å². The molecule has 7 heteroatoms. The fourth-order valence-corrected chi connectivity index (χ4v) is 4.49. The second kappa shape index (κ2) is 14.8. The summed E-state index contributed by atoms with van der Waals surface area (Å²) in [5.74, 6) is 0.448. The van der Waals surface area contributed by atoms with Crippen LogP contribution in [0, 0.1) is 6.92 Å². The van der Waals surface area contributed by atoms with E-state index < -0.39 is 6.04 Å². The number of carbonyl (C=O) groups excluding carboxylic acids is 2. The number of carbonyl (C=O) groups is 2. The highest BCUT2D eigenvalue weighted by Gasteiger charge is 2.31. The first-order chi connectivity index (χ1) is 18.3. The van der Waals surface area contributed by atoms with Gasteiger partial charge in [-0.1, -0.05) is 84.2 Å². The van der Waals surface area contributed by atoms with Crippen molar-refractivity contribution in [1.82, 2.24) is 10.2 Å². The third-order valence-electron chi connectivity index (χ3n) is 6.45. The molecule has 0 saturated heterocycles. The van der Waals surface area contributed by atoms with Crippen molar-refractivity contribution in [3.63, 3.8) is 0 Å². The Labute approximate surface area is 236 Å². The van der Waals surface area contributed by atoms with Gasteiger partial charge in [0, 0.05) is 35.5 Å². The van der Waals surface area contributed by atoms with Crippen molar-refractivity contribution >= 4 is 35.0 Å². The van der Waals surface area contributed by atoms with Crippen molar-refractivity contribution in [2.45, 2.75) is 65.1 Å². The highest BCUT2D eigenvalue weighted by molar-refractivity contribution is 6.35. The van der Waals surface area contributed by atoms with Crippen LogP contribution in [0.5, 0.6) is 5.75 Å². The second-order valence-electron chi connectivity index (χ2n) is 9.55. The normalized spacial score (nSPS) is 12.4. The van der Waals surface area contributed by atoms with Crippen molar-refractivity contribution in [2.24, 2.45) is 0 Å². The lowest BCUT2D eigenvalue weighted by molar-refractivity contribution is -0.141. The van der Waals surface area contributed by atoms with Crippen molar-refractivity contribution in [2.75, 3.05) is 6.61 Å². The van der Waals surface area contributed by atoms with Crippen LogP contribution in [-0.2, 0) is 22.6 Å². The summed E-state index contributed by atoms with van der Waals surface area (Å²) in [6.45, 7) is 6.59. The average Bonchev–Trinajstić information content (AvgIpc) is 2.91. The van der Waals surface area contributed by atoms with Crippen LogP contribution in [0.4, 0.5) is 0 Å². The molecule has 2 atom stereocenters. The minimum Gasteiger partial charge on any atom is -0.494 e. The van der Waals surface area contributed by atoms with Crippen LogP contribution in [0.25, 0.3) is 0 Å². The Kier molecular flexibility index (Phi) is 11.5. The van der Waals surface area contributed by atoms with Gasteiger partial charge in [0.25, 0.3) is 0 Å². The van der Waals surface area contributed by atoms with E-state index in [1.807, 2.05) is 75.4 Å². The smallest absolute Gasteiger partial charge is 0.243 e. The molecule has 0 bridgehead atoms. The van der Waals surface area contributed by atoms with Crippen molar-refractivity contribution < 1.29 is 14.3 Å². The van der Waals surface area contributed by atoms with E-state index in [0.29, 0.717) is 29.5 Å². The van der Waals surface area contributed by atoms with Crippen LogP contribution in [-0.4, -0.2) is 35.4 Å². The molecule has 0 saturated carbocycles. The van der Waals surface area contributed by atoms with E-state index in [2.05, 4.69) is 5.32 Å². The lowest BCUT2D eigenvalue weighted by Gasteiger charge is -2.32. The molecule has 0 radical (unpaired) electrons. The standard InChI is InChI=1S/C31H36Cl2N2O3/c1-4-23(3)34-31(37)29(19-24-9-6-5-7-10-24)35(21-25-14-15-26(32)20-28(25)33)30(36)11-8-18-38-27-16-12-22(2)13-17-27/h5-7,9-10,12-17,20,23,29H,4,8,11,18-19,21H2,1-3H3,(H,34,37)/t23-,29-/m1/s1. The highest BCUT2D eigenvalue weighted by atomic mass is 35.5. The number of nitrogens with zero attached hydrogens (tertiary/aromatic N) is 1. The maximum absolute atomic E-state index is 13.7. The van der Waals surface area contributed by atoms with E-state index in [0.717, 1.165) is 28.9 Å². The molecule has 202 valence electrons. The molecule has 0 fully saturated rings. The Morgan fingerprint density at radius 2 is 1.71 bits per heavy atom. The molecule has 3 aromatic carbocycles. The molecule has 0 unspecified atom stereocenters. The number of hydrogen-bond acceptors (Lipinski definition) is 3. The largest absolute Gasteiger partial charge is 0.494 e. The molecule has 3 aromatic rings. The summed E-state index contributed by atoms with van der Waals surface area (Å²) in [5, 5.41) is 4.05. The van der Waals surface area contributed by atoms with Gasteiger partial charge >= 0.3 is 0 Å². The topological polar surface area (TPSA) is 58.6 Å². The minimum atomic E-state index is -0.705. The molecular weight excluding hydrogens is 519 g/mol. The molecule has 5 nitrogen and oxygen atoms in total. The van der Waals surface area contributed by atoms with Crippen LogP contribution < -0.4 is 10.1 Å². The average molecular weight is 556 g/mol. The molecule has 2 amide bonds. The predicted molar refractivity (Wildman–Crippen MR) is 155 cm³/mol. The summed E-state index contributed by atoms with van der Waals surface area (Å²) < 4.78 is 5.83. The monoisotopic (exact) mass is 554 g/mol. The summed E-state index contributed by atoms with van der Waals surface area (Å²) in [6.07, 6.45) is 1.93. The van der Waals surface area contributed by atoms with Gasteiger partial charge < -0.3 is 15.0 Å². The number of rotatable bonds is 13. The van der Waals surface area contributed by atoms with Crippen LogP contribution in [0.2, 0.25) is 10.0 Å². The van der Waals surface area contributed by atoms with Gasteiger partial charge in [0.15, 0.2) is 0 Å². The first-order valence-electron chi connectivity index (χ1n) is 13.0. The molecular formula is C31H36Cl2N2O3. The number of benzene rings is 3. The van der Waals surface area contributed by atoms with Gasteiger partial charge in [-0.15, -0.1) is 0 Å². The van der Waals surface area contributed by atoms with Crippen molar-refractivity contribution in [1.29, 1.82) is 0 Å². The quantitative estimate of drug-likeness (QED) is 0.231. The lowest BCUT2D eigenvalue weighted by atomic mass is 10.0. The molecule has 38 heavy (non-hydrogen) atoms. The number of nitrogens with one attached hydrogen (secondary N) is 1. The van der Waals surface area contributed by atoms with Gasteiger partial charge in [0.2, 0.25) is 11.8 Å². The summed E-state index contributed by atoms with van der Waals surface area (Å²) in [6, 6.07) is 22.0. The number of aryl methyl sites for hydroxylation is 1. The van der Waals surface area contributed by atoms with E-state index in [1.54, 1.807) is 23.1 Å². The first kappa shape index (κ1) is 29.5. The second-order valence-corrected chi connectivity index (χ2v) is 10.4. The molecule has 3 rings (SSSR count). The van der Waals surface area contributed by atoms with Gasteiger partial charge in [-0.3, -0.25) is 9.59 Å². The molecule has 0 spiro atoms. The Bertz CT molecular complexity index is 1190. The van der Waals surface area contributed by atoms with Crippen molar-refractivity contribution in [3.05, 3.63) is 99.5 Å². The van der Waals surface area contributed by atoms with Crippen molar-refractivity contribution in [3.8, 4) is 5.75 Å². The fraction of sp³-hybridized carbons (Fsp3) is 0.355. The maximum atomic E-state index is 13.7. The summed E-state index contributed by atoms with van der Waals surface area (Å²) >= 11 is 12.6. The molecule has 0 aromatic heterocycles. The number of hydrogen-bond donors (Lipinski definition) is 1. The van der Waals surface area contributed by atoms with E-state index in [9.17, 15) is 9.59 Å². The summed E-state index contributed by atoms with van der Waals surface area (Å²) in [4.78, 5) is 28.9. The fourth-order valence-electron chi connectivity index (χ4n) is 4.02. The van der Waals surface area contributed by atoms with Gasteiger partial charge in [0.1, 0.15) is 11.8 Å². The van der Waals surface area contributed by atoms with E-state index >= 15 is 0 Å². The predicted octanol–water partition coefficient (Wildman–Crippen LogP) is 7.02. The van der Waals surface area contributed by atoms with Crippen LogP contribution in [0.15, 0.2) is 72.8 Å². The van der Waals surface area contributed by atoms with Crippen LogP contribution >= 0.6 is 23.2 Å². The Hall–Kier alpha value is -3.02. The minimum absolute atomic E-state index is 0.0141. The SMILES string of the molecule is CC[C@@H](C)NC(=O)[C@@H](Cc1ccccc1)N(Cc1ccc(Cl)cc1Cl)C(=O)CCCOc1ccc(C)cc1. The zero-order chi connectivity index (χ0) is 27.5. The first-order valence-corrected chi connectivity index (χ1v) is 13.8. The molecule has 0 aliphatic rings. The molecule has 0 aliphatic heterocycles. The number of ether oxygens (including phenoxy) is 1. The zero-order valence-electron chi connectivity index (χ0n) is 22.3. The maximum Gasteiger partial charge on any atom is 0.243 e. The molecule has 0 aliphatic carbocycles. The van der Waals surface area contributed by atoms with Gasteiger partial charge in [-0.2, -0.15) is 0 Å². The van der Waals surface area contributed by atoms with Crippen LogP contribution in [0.3, 0.4) is 0 Å². The third kappa shape index (κ3) is 9.07. The zero-order valence-corrected chi connectivity index (χ0v) is 23.8. The third-order valence-corrected chi connectivity index (χ3v) is 7.04. The molecule has 0 heterocycles. The Morgan fingerprint density at radius 3 is 2.37 bits per heavy atom. The Balaban J connectivity index is 1.82. The Morgan fingerprint density at radius 1 is 1.00 bits per heavy atom. The highest BCUT2D eigenvalue weighted by Crippen LogP contribution is 2.25.